The van der Waals surface area contributed by atoms with Crippen LogP contribution in [0.3, 0.4) is 0 Å². The zero-order valence-electron chi connectivity index (χ0n) is 19.7. The van der Waals surface area contributed by atoms with E-state index < -0.39 is 23.4 Å². The summed E-state index contributed by atoms with van der Waals surface area (Å²) >= 11 is 0. The van der Waals surface area contributed by atoms with Gasteiger partial charge in [-0.1, -0.05) is 0 Å². The number of nitrogens with two attached hydrogens (primary N) is 1. The Morgan fingerprint density at radius 3 is 1.52 bits per heavy atom. The van der Waals surface area contributed by atoms with Crippen LogP contribution in [0.5, 0.6) is 0 Å². The van der Waals surface area contributed by atoms with Crippen molar-refractivity contribution in [2.24, 2.45) is 4.99 Å². The van der Waals surface area contributed by atoms with Gasteiger partial charge < -0.3 is 15.2 Å². The van der Waals surface area contributed by atoms with Crippen LogP contribution in [-0.2, 0) is 9.47 Å². The van der Waals surface area contributed by atoms with Gasteiger partial charge in [-0.3, -0.25) is 15.4 Å². The minimum absolute atomic E-state index is 0.176. The van der Waals surface area contributed by atoms with Crippen molar-refractivity contribution >= 4 is 35.3 Å². The molecule has 0 heterocycles. The molecule has 0 atom stereocenters. The predicted octanol–water partition coefficient (Wildman–Crippen LogP) is 4.54. The van der Waals surface area contributed by atoms with Crippen molar-refractivity contribution in [2.75, 3.05) is 5.73 Å². The van der Waals surface area contributed by atoms with Crippen LogP contribution in [0.4, 0.5) is 21.0 Å². The predicted molar refractivity (Wildman–Crippen MR) is 127 cm³/mol. The number of aliphatic imine (C=N–C) groups is 1. The Bertz CT molecular complexity index is 999. The Balaban J connectivity index is 2.23. The van der Waals surface area contributed by atoms with Crippen molar-refractivity contribution < 1.29 is 23.9 Å². The molecule has 2 amide bonds. The van der Waals surface area contributed by atoms with Crippen molar-refractivity contribution in [3.05, 3.63) is 59.7 Å². The number of alkyl carbamates (subject to hydrolysis) is 2. The molecule has 2 rings (SSSR count). The first-order chi connectivity index (χ1) is 15.2. The number of amides is 2. The number of rotatable bonds is 3. The fraction of sp³-hybridized carbons (Fsp3) is 0.333. The van der Waals surface area contributed by atoms with Gasteiger partial charge in [0.1, 0.15) is 11.2 Å². The Labute approximate surface area is 193 Å². The molecule has 0 aromatic heterocycles. The van der Waals surface area contributed by atoms with Gasteiger partial charge in [-0.15, -0.1) is 0 Å². The molecule has 0 aliphatic carbocycles. The second-order valence-electron chi connectivity index (χ2n) is 9.21. The van der Waals surface area contributed by atoms with E-state index in [9.17, 15) is 14.4 Å². The highest BCUT2D eigenvalue weighted by molar-refractivity contribution is 6.09. The van der Waals surface area contributed by atoms with E-state index in [1.807, 2.05) is 0 Å². The van der Waals surface area contributed by atoms with Crippen molar-refractivity contribution in [1.29, 1.82) is 0 Å². The van der Waals surface area contributed by atoms with E-state index in [4.69, 9.17) is 15.2 Å². The number of carbonyl (C=O) groups is 3. The van der Waals surface area contributed by atoms with Gasteiger partial charge in [0, 0.05) is 16.8 Å². The first-order valence-corrected chi connectivity index (χ1v) is 10.3. The number of hydrogen-bond donors (Lipinski definition) is 3. The number of hydrogen-bond acceptors (Lipinski definition) is 7. The van der Waals surface area contributed by atoms with Gasteiger partial charge in [-0.2, -0.15) is 0 Å². The SMILES string of the molecule is CC(C)(C)OC(=O)NC(=Nc1ccc(C(=O)c2ccc(N)cc2)cc1)NC(=O)OC(C)(C)C. The average Bonchev–Trinajstić information content (AvgIpc) is 2.65. The molecule has 0 saturated heterocycles. The summed E-state index contributed by atoms with van der Waals surface area (Å²) in [5.41, 5.74) is 6.07. The molecule has 0 unspecified atom stereocenters. The van der Waals surface area contributed by atoms with E-state index in [2.05, 4.69) is 15.6 Å². The van der Waals surface area contributed by atoms with Gasteiger partial charge in [-0.25, -0.2) is 14.6 Å². The van der Waals surface area contributed by atoms with E-state index in [0.29, 0.717) is 22.5 Å². The lowest BCUT2D eigenvalue weighted by atomic mass is 10.0. The van der Waals surface area contributed by atoms with Crippen LogP contribution in [-0.4, -0.2) is 35.1 Å². The summed E-state index contributed by atoms with van der Waals surface area (Å²) in [6.07, 6.45) is -1.60. The summed E-state index contributed by atoms with van der Waals surface area (Å²) in [6.45, 7) is 10.3. The summed E-state index contributed by atoms with van der Waals surface area (Å²) in [4.78, 5) is 41.3. The van der Waals surface area contributed by atoms with Crippen molar-refractivity contribution in [3.63, 3.8) is 0 Å². The highest BCUT2D eigenvalue weighted by atomic mass is 16.6. The number of guanidine groups is 1. The molecular weight excluding hydrogens is 424 g/mol. The lowest BCUT2D eigenvalue weighted by Crippen LogP contribution is -2.47. The summed E-state index contributed by atoms with van der Waals surface area (Å²) in [6, 6.07) is 13.0. The maximum absolute atomic E-state index is 12.6. The molecule has 4 N–H and O–H groups in total. The third-order valence-corrected chi connectivity index (χ3v) is 3.78. The minimum Gasteiger partial charge on any atom is -0.444 e. The van der Waals surface area contributed by atoms with Crippen molar-refractivity contribution in [1.82, 2.24) is 10.6 Å². The van der Waals surface area contributed by atoms with Gasteiger partial charge in [0.2, 0.25) is 5.96 Å². The molecule has 9 nitrogen and oxygen atoms in total. The lowest BCUT2D eigenvalue weighted by Gasteiger charge is -2.22. The Hall–Kier alpha value is -3.88. The fourth-order valence-corrected chi connectivity index (χ4v) is 2.51. The number of nitrogens with zero attached hydrogens (tertiary/aromatic N) is 1. The molecular formula is C24H30N4O5. The summed E-state index contributed by atoms with van der Waals surface area (Å²) < 4.78 is 10.4. The van der Waals surface area contributed by atoms with Gasteiger partial charge in [0.15, 0.2) is 5.78 Å². The molecule has 0 aliphatic heterocycles. The maximum atomic E-state index is 12.6. The number of ether oxygens (including phenoxy) is 2. The van der Waals surface area contributed by atoms with E-state index in [1.54, 1.807) is 90.1 Å². The highest BCUT2D eigenvalue weighted by Crippen LogP contribution is 2.17. The van der Waals surface area contributed by atoms with Crippen LogP contribution in [0.15, 0.2) is 53.5 Å². The lowest BCUT2D eigenvalue weighted by molar-refractivity contribution is 0.0545. The normalized spacial score (nSPS) is 11.2. The summed E-state index contributed by atoms with van der Waals surface area (Å²) in [5.74, 6) is -0.361. The minimum atomic E-state index is -0.799. The Morgan fingerprint density at radius 2 is 1.12 bits per heavy atom. The Morgan fingerprint density at radius 1 is 0.727 bits per heavy atom. The molecule has 0 spiro atoms. The van der Waals surface area contributed by atoms with Gasteiger partial charge in [-0.05, 0) is 90.1 Å². The number of carbonyl (C=O) groups excluding carboxylic acids is 3. The van der Waals surface area contributed by atoms with Gasteiger partial charge >= 0.3 is 12.2 Å². The maximum Gasteiger partial charge on any atom is 0.414 e. The molecule has 0 saturated carbocycles. The molecule has 9 heteroatoms. The van der Waals surface area contributed by atoms with Crippen LogP contribution in [0.2, 0.25) is 0 Å². The monoisotopic (exact) mass is 454 g/mol. The van der Waals surface area contributed by atoms with E-state index in [1.165, 1.54) is 0 Å². The van der Waals surface area contributed by atoms with Crippen LogP contribution < -0.4 is 16.4 Å². The Kier molecular flexibility index (Phi) is 7.81. The zero-order valence-corrected chi connectivity index (χ0v) is 19.7. The number of benzene rings is 2. The zero-order chi connectivity index (χ0) is 24.8. The quantitative estimate of drug-likeness (QED) is 0.270. The molecule has 2 aromatic rings. The molecule has 33 heavy (non-hydrogen) atoms. The van der Waals surface area contributed by atoms with E-state index in [-0.39, 0.29) is 11.7 Å². The van der Waals surface area contributed by atoms with Gasteiger partial charge in [0.25, 0.3) is 0 Å². The smallest absolute Gasteiger partial charge is 0.414 e. The molecule has 2 aromatic carbocycles. The second kappa shape index (κ2) is 10.2. The first kappa shape index (κ1) is 25.4. The molecule has 0 bridgehead atoms. The van der Waals surface area contributed by atoms with Crippen molar-refractivity contribution in [3.8, 4) is 0 Å². The topological polar surface area (TPSA) is 132 Å². The van der Waals surface area contributed by atoms with Crippen LogP contribution in [0, 0.1) is 0 Å². The number of nitrogens with one attached hydrogen (secondary N) is 2. The van der Waals surface area contributed by atoms with E-state index in [0.717, 1.165) is 0 Å². The van der Waals surface area contributed by atoms with Crippen LogP contribution in [0.25, 0.3) is 0 Å². The highest BCUT2D eigenvalue weighted by Gasteiger charge is 2.21. The molecule has 0 radical (unpaired) electrons. The number of nitrogen functional groups attached to an aromatic ring is 1. The van der Waals surface area contributed by atoms with Crippen molar-refractivity contribution in [2.45, 2.75) is 52.7 Å². The third kappa shape index (κ3) is 9.02. The standard InChI is InChI=1S/C24H30N4O5/c1-23(2,3)32-21(30)27-20(28-22(31)33-24(4,5)6)26-18-13-9-16(10-14-18)19(29)15-7-11-17(25)12-8-15/h7-14H,25H2,1-6H3,(H2,26,27,28,30,31). The summed E-state index contributed by atoms with van der Waals surface area (Å²) in [7, 11) is 0. The summed E-state index contributed by atoms with van der Waals surface area (Å²) in [5, 5.41) is 4.81. The fourth-order valence-electron chi connectivity index (χ4n) is 2.51. The molecule has 0 fully saturated rings. The second-order valence-corrected chi connectivity index (χ2v) is 9.21. The molecule has 0 aliphatic rings. The van der Waals surface area contributed by atoms with E-state index >= 15 is 0 Å². The molecule has 176 valence electrons. The number of ketones is 1. The largest absolute Gasteiger partial charge is 0.444 e. The van der Waals surface area contributed by atoms with Gasteiger partial charge in [0.05, 0.1) is 5.69 Å². The average molecular weight is 455 g/mol. The first-order valence-electron chi connectivity index (χ1n) is 10.3. The third-order valence-electron chi connectivity index (χ3n) is 3.78. The number of anilines is 1. The van der Waals surface area contributed by atoms with Crippen LogP contribution in [0.1, 0.15) is 57.5 Å². The van der Waals surface area contributed by atoms with Crippen LogP contribution >= 0.6 is 0 Å².